The number of carbonyl (C=O) groups is 2. The molecule has 3 aliphatic rings. The average molecular weight is 522 g/mol. The fraction of sp³-hybridized carbons (Fsp3) is 0.630. The van der Waals surface area contributed by atoms with E-state index in [1.807, 2.05) is 11.0 Å². The van der Waals surface area contributed by atoms with Gasteiger partial charge in [0.2, 0.25) is 11.8 Å². The lowest BCUT2D eigenvalue weighted by Gasteiger charge is -2.38. The molecule has 0 aromatic heterocycles. The molecule has 1 aromatic carbocycles. The van der Waals surface area contributed by atoms with E-state index < -0.39 is 10.0 Å². The van der Waals surface area contributed by atoms with Crippen LogP contribution in [0, 0.1) is 0 Å². The Morgan fingerprint density at radius 2 is 1.74 bits per heavy atom. The van der Waals surface area contributed by atoms with E-state index in [1.165, 1.54) is 73.2 Å². The van der Waals surface area contributed by atoms with Crippen molar-refractivity contribution < 1.29 is 14.3 Å². The first kappa shape index (κ1) is 26.2. The molecule has 8 heteroatoms. The molecule has 1 spiro atoms. The molecule has 3 aliphatic heterocycles. The van der Waals surface area contributed by atoms with Crippen LogP contribution in [0.3, 0.4) is 0 Å². The number of amides is 2. The molecule has 35 heavy (non-hydrogen) atoms. The third kappa shape index (κ3) is 6.29. The number of methoxy groups -OCH3 is 1. The van der Waals surface area contributed by atoms with Crippen molar-refractivity contribution >= 4 is 39.1 Å². The minimum atomic E-state index is -0.523. The van der Waals surface area contributed by atoms with Crippen molar-refractivity contribution in [1.29, 1.82) is 0 Å². The van der Waals surface area contributed by atoms with E-state index >= 15 is 0 Å². The minimum absolute atomic E-state index is 0.0213. The summed E-state index contributed by atoms with van der Waals surface area (Å²) in [5.41, 5.74) is 2.03. The van der Waals surface area contributed by atoms with Crippen molar-refractivity contribution in [2.24, 2.45) is 0 Å². The van der Waals surface area contributed by atoms with Crippen molar-refractivity contribution in [1.82, 2.24) is 9.80 Å². The number of carbonyl (C=O) groups excluding carboxylic acids is 2. The summed E-state index contributed by atoms with van der Waals surface area (Å²) in [6.07, 6.45) is 9.52. The lowest BCUT2D eigenvalue weighted by molar-refractivity contribution is -0.135. The van der Waals surface area contributed by atoms with Crippen molar-refractivity contribution in [2.45, 2.75) is 44.4 Å². The maximum Gasteiger partial charge on any atom is 0.246 e. The number of benzene rings is 1. The molecule has 4 rings (SSSR count). The average Bonchev–Trinajstić information content (AvgIpc) is 3.29. The SMILES string of the molecule is C=CC(=O)N1CCN(C(=O)CNc2cc(C3CCS4(CCCCCCC4)C3)c(Cl)cc2OC)CC1. The Kier molecular flexibility index (Phi) is 8.92. The number of anilines is 1. The predicted octanol–water partition coefficient (Wildman–Crippen LogP) is 4.87. The van der Waals surface area contributed by atoms with Crippen LogP contribution in [0.5, 0.6) is 5.75 Å². The summed E-state index contributed by atoms with van der Waals surface area (Å²) in [7, 11) is 1.11. The maximum absolute atomic E-state index is 12.9. The summed E-state index contributed by atoms with van der Waals surface area (Å²) in [6, 6.07) is 4.03. The Morgan fingerprint density at radius 1 is 1.09 bits per heavy atom. The molecular weight excluding hydrogens is 482 g/mol. The fourth-order valence-electron chi connectivity index (χ4n) is 5.83. The van der Waals surface area contributed by atoms with E-state index in [0.717, 1.165) is 10.7 Å². The number of nitrogens with zero attached hydrogens (tertiary/aromatic N) is 2. The lowest BCUT2D eigenvalue weighted by atomic mass is 9.97. The lowest BCUT2D eigenvalue weighted by Crippen LogP contribution is -2.51. The number of halogens is 1. The molecule has 0 bridgehead atoms. The number of nitrogens with one attached hydrogen (secondary N) is 1. The molecular formula is C27H40ClN3O3S. The van der Waals surface area contributed by atoms with Gasteiger partial charge in [-0.05, 0) is 65.9 Å². The van der Waals surface area contributed by atoms with Crippen LogP contribution in [0.4, 0.5) is 5.69 Å². The van der Waals surface area contributed by atoms with Crippen LogP contribution in [0.25, 0.3) is 0 Å². The van der Waals surface area contributed by atoms with Gasteiger partial charge in [-0.3, -0.25) is 9.59 Å². The van der Waals surface area contributed by atoms with Crippen LogP contribution in [0.15, 0.2) is 24.8 Å². The van der Waals surface area contributed by atoms with Crippen molar-refractivity contribution in [3.8, 4) is 5.75 Å². The second kappa shape index (κ2) is 11.9. The summed E-state index contributed by atoms with van der Waals surface area (Å²) in [4.78, 5) is 28.2. The molecule has 2 amide bonds. The van der Waals surface area contributed by atoms with E-state index in [9.17, 15) is 9.59 Å². The van der Waals surface area contributed by atoms with Gasteiger partial charge in [0, 0.05) is 37.3 Å². The largest absolute Gasteiger partial charge is 0.495 e. The zero-order valence-electron chi connectivity index (χ0n) is 21.0. The van der Waals surface area contributed by atoms with Crippen LogP contribution >= 0.6 is 21.6 Å². The molecule has 1 unspecified atom stereocenters. The topological polar surface area (TPSA) is 61.9 Å². The van der Waals surface area contributed by atoms with Gasteiger partial charge in [0.05, 0.1) is 19.3 Å². The Morgan fingerprint density at radius 3 is 2.40 bits per heavy atom. The first-order chi connectivity index (χ1) is 16.9. The highest BCUT2D eigenvalue weighted by molar-refractivity contribution is 8.33. The fourth-order valence-corrected chi connectivity index (χ4v) is 10.9. The molecule has 1 N–H and O–H groups in total. The molecule has 3 saturated heterocycles. The Hall–Kier alpha value is -1.86. The Bertz CT molecular complexity index is 924. The van der Waals surface area contributed by atoms with Crippen molar-refractivity contribution in [2.75, 3.05) is 68.2 Å². The van der Waals surface area contributed by atoms with Gasteiger partial charge in [-0.2, -0.15) is 0 Å². The Balaban J connectivity index is 1.40. The van der Waals surface area contributed by atoms with Gasteiger partial charge < -0.3 is 19.9 Å². The second-order valence-electron chi connectivity index (χ2n) is 10.1. The molecule has 0 saturated carbocycles. The predicted molar refractivity (Wildman–Crippen MR) is 147 cm³/mol. The van der Waals surface area contributed by atoms with Crippen LogP contribution < -0.4 is 10.1 Å². The first-order valence-electron chi connectivity index (χ1n) is 13.0. The quantitative estimate of drug-likeness (QED) is 0.542. The number of piperazine rings is 1. The number of ether oxygens (including phenoxy) is 1. The van der Waals surface area contributed by atoms with E-state index in [4.69, 9.17) is 16.3 Å². The summed E-state index contributed by atoms with van der Waals surface area (Å²) in [5.74, 6) is 6.64. The third-order valence-corrected chi connectivity index (χ3v) is 12.8. The van der Waals surface area contributed by atoms with Gasteiger partial charge in [-0.15, -0.1) is 0 Å². The smallest absolute Gasteiger partial charge is 0.246 e. The van der Waals surface area contributed by atoms with Gasteiger partial charge in [-0.1, -0.05) is 37.4 Å². The van der Waals surface area contributed by atoms with E-state index in [1.54, 1.807) is 12.0 Å². The Labute approximate surface area is 216 Å². The molecule has 6 nitrogen and oxygen atoms in total. The first-order valence-corrected chi connectivity index (χ1v) is 15.7. The molecule has 3 fully saturated rings. The van der Waals surface area contributed by atoms with Crippen LogP contribution in [0.2, 0.25) is 5.02 Å². The summed E-state index contributed by atoms with van der Waals surface area (Å²) in [5, 5.41) is 4.09. The molecule has 3 heterocycles. The zero-order valence-corrected chi connectivity index (χ0v) is 22.6. The monoisotopic (exact) mass is 521 g/mol. The summed E-state index contributed by atoms with van der Waals surface area (Å²) < 4.78 is 5.59. The highest BCUT2D eigenvalue weighted by Crippen LogP contribution is 2.60. The number of hydrogen-bond donors (Lipinski definition) is 1. The summed E-state index contributed by atoms with van der Waals surface area (Å²) >= 11 is 6.77. The zero-order chi connectivity index (χ0) is 24.8. The normalized spacial score (nSPS) is 23.3. The maximum atomic E-state index is 12.9. The van der Waals surface area contributed by atoms with Crippen LogP contribution in [0.1, 0.15) is 50.0 Å². The summed E-state index contributed by atoms with van der Waals surface area (Å²) in [6.45, 7) is 5.88. The molecule has 194 valence electrons. The van der Waals surface area contributed by atoms with Crippen molar-refractivity contribution in [3.63, 3.8) is 0 Å². The van der Waals surface area contributed by atoms with Gasteiger partial charge in [0.15, 0.2) is 0 Å². The van der Waals surface area contributed by atoms with Crippen LogP contribution in [-0.2, 0) is 9.59 Å². The van der Waals surface area contributed by atoms with Gasteiger partial charge >= 0.3 is 0 Å². The standard InChI is InChI=1S/C27H40ClN3O3S/c1-3-26(32)30-10-12-31(13-11-30)27(33)19-29-24-17-22(23(28)18-25(24)34-2)21-9-16-35(20-21)14-7-5-4-6-8-15-35/h3,17-18,21,29H,1,4-16,19-20H2,2H3. The van der Waals surface area contributed by atoms with E-state index in [0.29, 0.717) is 37.8 Å². The van der Waals surface area contributed by atoms with Gasteiger partial charge in [0.1, 0.15) is 5.75 Å². The van der Waals surface area contributed by atoms with Crippen LogP contribution in [-0.4, -0.2) is 84.5 Å². The molecule has 0 radical (unpaired) electrons. The number of hydrogen-bond acceptors (Lipinski definition) is 4. The molecule has 1 atom stereocenters. The third-order valence-electron chi connectivity index (χ3n) is 7.92. The highest BCUT2D eigenvalue weighted by atomic mass is 35.5. The number of rotatable bonds is 6. The second-order valence-corrected chi connectivity index (χ2v) is 14.5. The van der Waals surface area contributed by atoms with Gasteiger partial charge in [-0.25, -0.2) is 10.0 Å². The molecule has 1 aromatic rings. The van der Waals surface area contributed by atoms with Gasteiger partial charge in [0.25, 0.3) is 0 Å². The minimum Gasteiger partial charge on any atom is -0.495 e. The van der Waals surface area contributed by atoms with E-state index in [-0.39, 0.29) is 18.4 Å². The molecule has 0 aliphatic carbocycles. The van der Waals surface area contributed by atoms with Crippen molar-refractivity contribution in [3.05, 3.63) is 35.4 Å². The highest BCUT2D eigenvalue weighted by Gasteiger charge is 2.36. The van der Waals surface area contributed by atoms with E-state index in [2.05, 4.69) is 18.0 Å².